The van der Waals surface area contributed by atoms with Gasteiger partial charge in [0.25, 0.3) is 0 Å². The van der Waals surface area contributed by atoms with E-state index in [0.717, 1.165) is 0 Å². The lowest BCUT2D eigenvalue weighted by molar-refractivity contribution is 0.158. The average Bonchev–Trinajstić information content (AvgIpc) is 2.27. The average molecular weight is 265 g/mol. The van der Waals surface area contributed by atoms with Crippen LogP contribution in [0.4, 0.5) is 11.6 Å². The van der Waals surface area contributed by atoms with Crippen molar-refractivity contribution in [2.45, 2.75) is 6.92 Å². The Balaban J connectivity index is 2.64. The lowest BCUT2D eigenvalue weighted by atomic mass is 10.4. The highest BCUT2D eigenvalue weighted by Gasteiger charge is 2.07. The van der Waals surface area contributed by atoms with Crippen LogP contribution in [-0.4, -0.2) is 24.7 Å². The van der Waals surface area contributed by atoms with Gasteiger partial charge < -0.3 is 15.5 Å². The molecule has 0 radical (unpaired) electrons. The van der Waals surface area contributed by atoms with E-state index >= 15 is 0 Å². The van der Waals surface area contributed by atoms with Crippen molar-refractivity contribution in [3.05, 3.63) is 16.1 Å². The van der Waals surface area contributed by atoms with Gasteiger partial charge in [0, 0.05) is 13.2 Å². The number of rotatable bonds is 6. The number of nitrogens with two attached hydrogens (primary N) is 1. The van der Waals surface area contributed by atoms with Crippen LogP contribution < -0.4 is 16.6 Å². The van der Waals surface area contributed by atoms with E-state index in [-0.39, 0.29) is 0 Å². The van der Waals surface area contributed by atoms with Crippen LogP contribution in [0.1, 0.15) is 6.92 Å². The maximum atomic E-state index is 5.95. The Kier molecular flexibility index (Phi) is 5.62. The van der Waals surface area contributed by atoms with Crippen LogP contribution in [-0.2, 0) is 4.74 Å². The Labute approximate surface area is 104 Å². The number of pyridine rings is 1. The van der Waals surface area contributed by atoms with Gasteiger partial charge in [-0.1, -0.05) is 23.2 Å². The second-order valence-electron chi connectivity index (χ2n) is 2.92. The summed E-state index contributed by atoms with van der Waals surface area (Å²) in [6, 6.07) is 1.58. The van der Waals surface area contributed by atoms with Gasteiger partial charge in [0.05, 0.1) is 16.7 Å². The summed E-state index contributed by atoms with van der Waals surface area (Å²) in [6.07, 6.45) is 0. The van der Waals surface area contributed by atoms with E-state index in [1.165, 1.54) is 0 Å². The number of nitrogens with one attached hydrogen (secondary N) is 2. The lowest BCUT2D eigenvalue weighted by Gasteiger charge is -2.10. The summed E-state index contributed by atoms with van der Waals surface area (Å²) in [6.45, 7) is 3.82. The Hall–Kier alpha value is -0.750. The zero-order valence-corrected chi connectivity index (χ0v) is 10.4. The summed E-state index contributed by atoms with van der Waals surface area (Å²) < 4.78 is 5.18. The molecule has 0 atom stereocenters. The maximum Gasteiger partial charge on any atom is 0.161 e. The molecule has 0 saturated heterocycles. The van der Waals surface area contributed by atoms with E-state index in [4.69, 9.17) is 33.8 Å². The normalized spacial score (nSPS) is 10.2. The van der Waals surface area contributed by atoms with Crippen molar-refractivity contribution in [1.82, 2.24) is 4.98 Å². The van der Waals surface area contributed by atoms with Crippen LogP contribution in [0.3, 0.4) is 0 Å². The first-order valence-corrected chi connectivity index (χ1v) is 5.59. The number of nitrogens with zero attached hydrogens (tertiary/aromatic N) is 1. The van der Waals surface area contributed by atoms with Gasteiger partial charge in [-0.3, -0.25) is 0 Å². The van der Waals surface area contributed by atoms with Crippen molar-refractivity contribution in [2.75, 3.05) is 30.5 Å². The molecule has 1 aromatic heterocycles. The fourth-order valence-electron chi connectivity index (χ4n) is 1.08. The molecule has 0 saturated carbocycles. The maximum absolute atomic E-state index is 5.95. The number of hydrazine groups is 1. The van der Waals surface area contributed by atoms with Gasteiger partial charge in [0.1, 0.15) is 5.82 Å². The lowest BCUT2D eigenvalue weighted by Crippen LogP contribution is -2.13. The number of anilines is 2. The smallest absolute Gasteiger partial charge is 0.161 e. The zero-order chi connectivity index (χ0) is 12.0. The molecular formula is C9H14Cl2N4O. The summed E-state index contributed by atoms with van der Waals surface area (Å²) in [5, 5.41) is 3.85. The molecule has 0 aliphatic carbocycles. The zero-order valence-electron chi connectivity index (χ0n) is 8.89. The van der Waals surface area contributed by atoms with Gasteiger partial charge in [-0.05, 0) is 13.0 Å². The molecule has 0 bridgehead atoms. The molecule has 0 amide bonds. The Bertz CT molecular complexity index is 349. The molecule has 90 valence electrons. The van der Waals surface area contributed by atoms with Crippen molar-refractivity contribution < 1.29 is 4.74 Å². The van der Waals surface area contributed by atoms with E-state index < -0.39 is 0 Å². The van der Waals surface area contributed by atoms with E-state index in [9.17, 15) is 0 Å². The molecule has 0 spiro atoms. The molecule has 1 aromatic rings. The van der Waals surface area contributed by atoms with E-state index in [1.807, 2.05) is 6.92 Å². The van der Waals surface area contributed by atoms with Crippen molar-refractivity contribution in [3.8, 4) is 0 Å². The topological polar surface area (TPSA) is 72.2 Å². The van der Waals surface area contributed by atoms with Gasteiger partial charge in [0.15, 0.2) is 5.82 Å². The molecule has 0 aromatic carbocycles. The van der Waals surface area contributed by atoms with Crippen LogP contribution in [0.2, 0.25) is 10.0 Å². The predicted octanol–water partition coefficient (Wildman–Crippen LogP) is 2.12. The second kappa shape index (κ2) is 6.75. The fourth-order valence-corrected chi connectivity index (χ4v) is 1.56. The molecule has 1 heterocycles. The summed E-state index contributed by atoms with van der Waals surface area (Å²) in [7, 11) is 0. The third-order valence-electron chi connectivity index (χ3n) is 1.81. The van der Waals surface area contributed by atoms with Crippen LogP contribution >= 0.6 is 23.2 Å². The van der Waals surface area contributed by atoms with Gasteiger partial charge in [-0.25, -0.2) is 10.8 Å². The SMILES string of the molecule is CCOCCNc1nc(NN)c(Cl)cc1Cl. The molecule has 0 fully saturated rings. The van der Waals surface area contributed by atoms with Crippen molar-refractivity contribution in [2.24, 2.45) is 5.84 Å². The van der Waals surface area contributed by atoms with Crippen molar-refractivity contribution in [3.63, 3.8) is 0 Å². The largest absolute Gasteiger partial charge is 0.380 e. The van der Waals surface area contributed by atoms with Crippen LogP contribution in [0, 0.1) is 0 Å². The quantitative estimate of drug-likeness (QED) is 0.417. The summed E-state index contributed by atoms with van der Waals surface area (Å²) >= 11 is 11.8. The highest BCUT2D eigenvalue weighted by Crippen LogP contribution is 2.28. The summed E-state index contributed by atoms with van der Waals surface area (Å²) in [5.74, 6) is 6.16. The number of ether oxygens (including phenoxy) is 1. The Morgan fingerprint density at radius 1 is 1.38 bits per heavy atom. The molecule has 5 nitrogen and oxygen atoms in total. The number of nitrogen functional groups attached to an aromatic ring is 1. The predicted molar refractivity (Wildman–Crippen MR) is 67.0 cm³/mol. The molecular weight excluding hydrogens is 251 g/mol. The fraction of sp³-hybridized carbons (Fsp3) is 0.444. The summed E-state index contributed by atoms with van der Waals surface area (Å²) in [5.41, 5.74) is 2.39. The molecule has 7 heteroatoms. The standard InChI is InChI=1S/C9H14Cl2N4O/c1-2-16-4-3-13-8-6(10)5-7(11)9(14-8)15-12/h5H,2-4,12H2,1H3,(H2,13,14,15). The first kappa shape index (κ1) is 13.3. The molecule has 1 rings (SSSR count). The monoisotopic (exact) mass is 264 g/mol. The minimum Gasteiger partial charge on any atom is -0.380 e. The van der Waals surface area contributed by atoms with E-state index in [0.29, 0.717) is 41.4 Å². The first-order chi connectivity index (χ1) is 7.69. The highest BCUT2D eigenvalue weighted by atomic mass is 35.5. The molecule has 0 aliphatic rings. The minimum absolute atomic E-state index is 0.378. The van der Waals surface area contributed by atoms with E-state index in [1.54, 1.807) is 6.07 Å². The molecule has 0 aliphatic heterocycles. The van der Waals surface area contributed by atoms with E-state index in [2.05, 4.69) is 15.7 Å². The van der Waals surface area contributed by atoms with Gasteiger partial charge in [0.2, 0.25) is 0 Å². The number of hydrogen-bond acceptors (Lipinski definition) is 5. The number of hydrogen-bond donors (Lipinski definition) is 3. The second-order valence-corrected chi connectivity index (χ2v) is 3.73. The van der Waals surface area contributed by atoms with Gasteiger partial charge >= 0.3 is 0 Å². The number of halogens is 2. The first-order valence-electron chi connectivity index (χ1n) is 4.83. The Morgan fingerprint density at radius 3 is 2.69 bits per heavy atom. The van der Waals surface area contributed by atoms with Crippen LogP contribution in [0.25, 0.3) is 0 Å². The van der Waals surface area contributed by atoms with Crippen LogP contribution in [0.15, 0.2) is 6.07 Å². The van der Waals surface area contributed by atoms with Crippen molar-refractivity contribution in [1.29, 1.82) is 0 Å². The molecule has 16 heavy (non-hydrogen) atoms. The van der Waals surface area contributed by atoms with Crippen LogP contribution in [0.5, 0.6) is 0 Å². The molecule has 0 unspecified atom stereocenters. The highest BCUT2D eigenvalue weighted by molar-refractivity contribution is 6.37. The minimum atomic E-state index is 0.378. The van der Waals surface area contributed by atoms with Crippen molar-refractivity contribution >= 4 is 34.8 Å². The summed E-state index contributed by atoms with van der Waals surface area (Å²) in [4.78, 5) is 4.12. The van der Waals surface area contributed by atoms with Gasteiger partial charge in [-0.2, -0.15) is 0 Å². The van der Waals surface area contributed by atoms with Gasteiger partial charge in [-0.15, -0.1) is 0 Å². The Morgan fingerprint density at radius 2 is 2.06 bits per heavy atom. The third kappa shape index (κ3) is 3.68. The molecule has 4 N–H and O–H groups in total. The third-order valence-corrected chi connectivity index (χ3v) is 2.39. The number of aromatic nitrogens is 1.